The molecule has 0 aliphatic carbocycles. The molecule has 1 atom stereocenters. The monoisotopic (exact) mass is 226 g/mol. The summed E-state index contributed by atoms with van der Waals surface area (Å²) in [4.78, 5) is 4.14. The van der Waals surface area contributed by atoms with Crippen LogP contribution >= 0.6 is 24.8 Å². The average Bonchev–Trinajstić information content (AvgIpc) is 2.34. The van der Waals surface area contributed by atoms with Crippen LogP contribution in [0.5, 0.6) is 0 Å². The molecule has 6 heteroatoms. The van der Waals surface area contributed by atoms with Crippen molar-refractivity contribution in [3.63, 3.8) is 0 Å². The molecule has 1 heterocycles. The van der Waals surface area contributed by atoms with E-state index < -0.39 is 0 Å². The highest BCUT2D eigenvalue weighted by Gasteiger charge is 2.14. The summed E-state index contributed by atoms with van der Waals surface area (Å²) in [5.74, 6) is 1.90. The van der Waals surface area contributed by atoms with Gasteiger partial charge in [0.1, 0.15) is 5.82 Å². The zero-order valence-electron chi connectivity index (χ0n) is 7.94. The molecule has 78 valence electrons. The number of nitrogens with zero attached hydrogens (tertiary/aromatic N) is 2. The molecule has 1 aromatic rings. The summed E-state index contributed by atoms with van der Waals surface area (Å²) in [7, 11) is 0. The molecule has 0 spiro atoms. The highest BCUT2D eigenvalue weighted by atomic mass is 35.5. The standard InChI is InChI=1S/C7H14N4.2ClH/c1-4(2)6(8)7-9-5(3)10-11-7;;/h4,6H,8H2,1-3H3,(H,9,10,11);2*1H. The summed E-state index contributed by atoms with van der Waals surface area (Å²) in [6.45, 7) is 5.97. The Hall–Kier alpha value is -0.320. The summed E-state index contributed by atoms with van der Waals surface area (Å²) in [5, 5.41) is 6.74. The summed E-state index contributed by atoms with van der Waals surface area (Å²) < 4.78 is 0. The molecule has 0 amide bonds. The summed E-state index contributed by atoms with van der Waals surface area (Å²) >= 11 is 0. The van der Waals surface area contributed by atoms with Gasteiger partial charge in [0.15, 0.2) is 5.82 Å². The summed E-state index contributed by atoms with van der Waals surface area (Å²) in [5.41, 5.74) is 5.81. The minimum atomic E-state index is -0.0556. The highest BCUT2D eigenvalue weighted by Crippen LogP contribution is 2.13. The van der Waals surface area contributed by atoms with E-state index in [1.54, 1.807) is 0 Å². The third-order valence-corrected chi connectivity index (χ3v) is 1.63. The number of aromatic nitrogens is 3. The van der Waals surface area contributed by atoms with Gasteiger partial charge >= 0.3 is 0 Å². The lowest BCUT2D eigenvalue weighted by molar-refractivity contribution is 0.491. The van der Waals surface area contributed by atoms with Gasteiger partial charge in [-0.1, -0.05) is 13.8 Å². The number of rotatable bonds is 2. The van der Waals surface area contributed by atoms with E-state index in [0.29, 0.717) is 11.7 Å². The minimum Gasteiger partial charge on any atom is -0.321 e. The number of hydrogen-bond acceptors (Lipinski definition) is 3. The van der Waals surface area contributed by atoms with Gasteiger partial charge in [0.05, 0.1) is 6.04 Å². The van der Waals surface area contributed by atoms with Crippen molar-refractivity contribution in [2.45, 2.75) is 26.8 Å². The van der Waals surface area contributed by atoms with Gasteiger partial charge in [-0.25, -0.2) is 4.98 Å². The second-order valence-corrected chi connectivity index (χ2v) is 3.05. The maximum Gasteiger partial charge on any atom is 0.167 e. The Labute approximate surface area is 90.5 Å². The van der Waals surface area contributed by atoms with E-state index in [1.807, 2.05) is 6.92 Å². The predicted octanol–water partition coefficient (Wildman–Crippen LogP) is 1.61. The molecule has 0 saturated heterocycles. The number of hydrogen-bond donors (Lipinski definition) is 2. The van der Waals surface area contributed by atoms with Crippen molar-refractivity contribution in [2.75, 3.05) is 0 Å². The third-order valence-electron chi connectivity index (χ3n) is 1.63. The van der Waals surface area contributed by atoms with Crippen LogP contribution in [0.4, 0.5) is 0 Å². The number of aromatic amines is 1. The average molecular weight is 227 g/mol. The first kappa shape index (κ1) is 15.2. The second-order valence-electron chi connectivity index (χ2n) is 3.05. The van der Waals surface area contributed by atoms with Crippen LogP contribution in [0.2, 0.25) is 0 Å². The van der Waals surface area contributed by atoms with Gasteiger partial charge in [-0.2, -0.15) is 5.10 Å². The first-order valence-corrected chi connectivity index (χ1v) is 3.75. The quantitative estimate of drug-likeness (QED) is 0.806. The van der Waals surface area contributed by atoms with Crippen LogP contribution in [0, 0.1) is 12.8 Å². The molecule has 4 nitrogen and oxygen atoms in total. The second kappa shape index (κ2) is 6.18. The molecule has 0 fully saturated rings. The van der Waals surface area contributed by atoms with Crippen LogP contribution in [0.1, 0.15) is 31.5 Å². The number of nitrogens with two attached hydrogens (primary N) is 1. The highest BCUT2D eigenvalue weighted by molar-refractivity contribution is 5.85. The van der Waals surface area contributed by atoms with Crippen molar-refractivity contribution in [3.05, 3.63) is 11.6 Å². The lowest BCUT2D eigenvalue weighted by Crippen LogP contribution is -2.18. The maximum atomic E-state index is 5.81. The number of aryl methyl sites for hydroxylation is 1. The van der Waals surface area contributed by atoms with Crippen molar-refractivity contribution >= 4 is 24.8 Å². The van der Waals surface area contributed by atoms with Crippen molar-refractivity contribution in [1.29, 1.82) is 0 Å². The summed E-state index contributed by atoms with van der Waals surface area (Å²) in [6.07, 6.45) is 0. The van der Waals surface area contributed by atoms with Gasteiger partial charge < -0.3 is 5.73 Å². The van der Waals surface area contributed by atoms with Crippen LogP contribution in [-0.4, -0.2) is 15.2 Å². The van der Waals surface area contributed by atoms with Crippen molar-refractivity contribution in [3.8, 4) is 0 Å². The van der Waals surface area contributed by atoms with E-state index >= 15 is 0 Å². The Kier molecular flexibility index (Phi) is 7.21. The van der Waals surface area contributed by atoms with Gasteiger partial charge in [0.2, 0.25) is 0 Å². The van der Waals surface area contributed by atoms with Gasteiger partial charge in [-0.3, -0.25) is 5.10 Å². The summed E-state index contributed by atoms with van der Waals surface area (Å²) in [6, 6.07) is -0.0556. The zero-order chi connectivity index (χ0) is 8.43. The van der Waals surface area contributed by atoms with E-state index in [2.05, 4.69) is 29.0 Å². The Morgan fingerprint density at radius 1 is 1.31 bits per heavy atom. The first-order valence-electron chi connectivity index (χ1n) is 3.75. The fraction of sp³-hybridized carbons (Fsp3) is 0.714. The lowest BCUT2D eigenvalue weighted by Gasteiger charge is -2.10. The fourth-order valence-corrected chi connectivity index (χ4v) is 0.807. The van der Waals surface area contributed by atoms with Gasteiger partial charge in [0, 0.05) is 0 Å². The fourth-order valence-electron chi connectivity index (χ4n) is 0.807. The molecule has 1 rings (SSSR count). The molecule has 13 heavy (non-hydrogen) atoms. The SMILES string of the molecule is Cc1nc(C(N)C(C)C)n[nH]1.Cl.Cl. The van der Waals surface area contributed by atoms with Crippen LogP contribution in [-0.2, 0) is 0 Å². The Morgan fingerprint density at radius 3 is 2.15 bits per heavy atom. The molecule has 0 aliphatic heterocycles. The Balaban J connectivity index is 0. The lowest BCUT2D eigenvalue weighted by atomic mass is 10.1. The zero-order valence-corrected chi connectivity index (χ0v) is 9.58. The minimum absolute atomic E-state index is 0. The van der Waals surface area contributed by atoms with Crippen molar-refractivity contribution in [2.24, 2.45) is 11.7 Å². The van der Waals surface area contributed by atoms with Gasteiger partial charge in [-0.05, 0) is 12.8 Å². The van der Waals surface area contributed by atoms with Crippen molar-refractivity contribution in [1.82, 2.24) is 15.2 Å². The third kappa shape index (κ3) is 3.93. The number of H-pyrrole nitrogens is 1. The van der Waals surface area contributed by atoms with Crippen LogP contribution in [0.3, 0.4) is 0 Å². The van der Waals surface area contributed by atoms with Gasteiger partial charge in [-0.15, -0.1) is 24.8 Å². The van der Waals surface area contributed by atoms with Crippen LogP contribution < -0.4 is 5.73 Å². The molecule has 1 aromatic heterocycles. The Morgan fingerprint density at radius 2 is 1.85 bits per heavy atom. The van der Waals surface area contributed by atoms with E-state index in [0.717, 1.165) is 5.82 Å². The predicted molar refractivity (Wildman–Crippen MR) is 57.4 cm³/mol. The number of nitrogens with one attached hydrogen (secondary N) is 1. The molecule has 0 aliphatic rings. The Bertz CT molecular complexity index is 236. The van der Waals surface area contributed by atoms with E-state index in [-0.39, 0.29) is 30.9 Å². The smallest absolute Gasteiger partial charge is 0.167 e. The van der Waals surface area contributed by atoms with Crippen LogP contribution in [0.25, 0.3) is 0 Å². The molecule has 0 saturated carbocycles. The van der Waals surface area contributed by atoms with Crippen LogP contribution in [0.15, 0.2) is 0 Å². The maximum absolute atomic E-state index is 5.81. The topological polar surface area (TPSA) is 67.6 Å². The molecule has 0 bridgehead atoms. The normalized spacial score (nSPS) is 11.8. The molecule has 0 aromatic carbocycles. The largest absolute Gasteiger partial charge is 0.321 e. The molecule has 1 unspecified atom stereocenters. The molecular weight excluding hydrogens is 211 g/mol. The van der Waals surface area contributed by atoms with Crippen molar-refractivity contribution < 1.29 is 0 Å². The van der Waals surface area contributed by atoms with E-state index in [4.69, 9.17) is 5.73 Å². The van der Waals surface area contributed by atoms with E-state index in [1.165, 1.54) is 0 Å². The molecular formula is C7H16Cl2N4. The number of halogens is 2. The molecule has 0 radical (unpaired) electrons. The first-order chi connectivity index (χ1) is 5.11. The van der Waals surface area contributed by atoms with Gasteiger partial charge in [0.25, 0.3) is 0 Å². The van der Waals surface area contributed by atoms with E-state index in [9.17, 15) is 0 Å². The molecule has 3 N–H and O–H groups in total.